The van der Waals surface area contributed by atoms with E-state index in [0.29, 0.717) is 42.8 Å². The Bertz CT molecular complexity index is 806. The van der Waals surface area contributed by atoms with Crippen molar-refractivity contribution >= 4 is 35.7 Å². The van der Waals surface area contributed by atoms with E-state index in [0.717, 1.165) is 11.7 Å². The molecule has 0 saturated carbocycles. The van der Waals surface area contributed by atoms with E-state index < -0.39 is 8.07 Å². The molecule has 1 aliphatic heterocycles. The molecule has 2 aromatic heterocycles. The van der Waals surface area contributed by atoms with Crippen LogP contribution in [0.25, 0.3) is 0 Å². The van der Waals surface area contributed by atoms with Crippen LogP contribution in [0.4, 0.5) is 5.82 Å². The first-order chi connectivity index (χ1) is 12.8. The summed E-state index contributed by atoms with van der Waals surface area (Å²) in [5.41, 5.74) is 1.42. The second kappa shape index (κ2) is 8.11. The SMILES string of the molecule is CN1CN(Cc2ccccn2)C(=O)c2c1nc(Br)n2COCC[Si](C)(C)C. The lowest BCUT2D eigenvalue weighted by Crippen LogP contribution is -2.45. The van der Waals surface area contributed by atoms with Crippen LogP contribution in [-0.2, 0) is 18.0 Å². The van der Waals surface area contributed by atoms with E-state index in [1.165, 1.54) is 0 Å². The summed E-state index contributed by atoms with van der Waals surface area (Å²) in [4.78, 5) is 25.7. The number of aromatic nitrogens is 3. The summed E-state index contributed by atoms with van der Waals surface area (Å²) < 4.78 is 8.28. The van der Waals surface area contributed by atoms with Gasteiger partial charge in [0.2, 0.25) is 0 Å². The third-order valence-electron chi connectivity index (χ3n) is 4.43. The lowest BCUT2D eigenvalue weighted by Gasteiger charge is -2.33. The van der Waals surface area contributed by atoms with Crippen LogP contribution in [0.5, 0.6) is 0 Å². The second-order valence-electron chi connectivity index (χ2n) is 7.99. The van der Waals surface area contributed by atoms with Crippen molar-refractivity contribution in [2.24, 2.45) is 0 Å². The molecule has 0 fully saturated rings. The van der Waals surface area contributed by atoms with Gasteiger partial charge in [0.15, 0.2) is 16.2 Å². The van der Waals surface area contributed by atoms with E-state index in [1.54, 1.807) is 11.1 Å². The number of carbonyl (C=O) groups excluding carboxylic acids is 1. The number of halogens is 1. The van der Waals surface area contributed by atoms with Crippen molar-refractivity contribution in [3.05, 3.63) is 40.5 Å². The molecular formula is C18H26BrN5O2Si. The van der Waals surface area contributed by atoms with Gasteiger partial charge in [-0.25, -0.2) is 4.98 Å². The van der Waals surface area contributed by atoms with E-state index in [-0.39, 0.29) is 5.91 Å². The summed E-state index contributed by atoms with van der Waals surface area (Å²) in [5, 5.41) is 0. The zero-order valence-corrected chi connectivity index (χ0v) is 18.9. The number of amides is 1. The number of carbonyl (C=O) groups is 1. The highest BCUT2D eigenvalue weighted by Gasteiger charge is 2.34. The number of ether oxygens (including phenoxy) is 1. The highest BCUT2D eigenvalue weighted by atomic mass is 79.9. The standard InChI is InChI=1S/C18H26BrN5O2Si/c1-22-12-23(11-14-7-5-6-8-20-14)17(25)15-16(22)21-18(19)24(15)13-26-9-10-27(2,3)4/h5-8H,9-13H2,1-4H3. The first kappa shape index (κ1) is 20.0. The highest BCUT2D eigenvalue weighted by molar-refractivity contribution is 9.10. The summed E-state index contributed by atoms with van der Waals surface area (Å²) in [6.45, 7) is 8.89. The molecule has 0 saturated heterocycles. The van der Waals surface area contributed by atoms with Gasteiger partial charge in [-0.2, -0.15) is 0 Å². The van der Waals surface area contributed by atoms with Gasteiger partial charge in [-0.3, -0.25) is 14.3 Å². The molecule has 27 heavy (non-hydrogen) atoms. The molecule has 0 aliphatic carbocycles. The maximum Gasteiger partial charge on any atom is 0.276 e. The molecule has 0 radical (unpaired) electrons. The molecule has 3 heterocycles. The molecule has 3 rings (SSSR count). The summed E-state index contributed by atoms with van der Waals surface area (Å²) >= 11 is 3.48. The van der Waals surface area contributed by atoms with Gasteiger partial charge in [-0.15, -0.1) is 0 Å². The number of pyridine rings is 1. The minimum Gasteiger partial charge on any atom is -0.361 e. The van der Waals surface area contributed by atoms with Crippen molar-refractivity contribution in [3.8, 4) is 0 Å². The van der Waals surface area contributed by atoms with E-state index in [9.17, 15) is 4.79 Å². The minimum absolute atomic E-state index is 0.0549. The topological polar surface area (TPSA) is 63.5 Å². The Labute approximate surface area is 169 Å². The lowest BCUT2D eigenvalue weighted by molar-refractivity contribution is 0.0643. The van der Waals surface area contributed by atoms with Gasteiger partial charge in [0.05, 0.1) is 18.9 Å². The van der Waals surface area contributed by atoms with E-state index in [1.807, 2.05) is 34.7 Å². The molecule has 0 aromatic carbocycles. The average Bonchev–Trinajstić information content (AvgIpc) is 2.94. The van der Waals surface area contributed by atoms with Crippen molar-refractivity contribution in [1.82, 2.24) is 19.4 Å². The van der Waals surface area contributed by atoms with Crippen molar-refractivity contribution in [2.45, 2.75) is 39.0 Å². The number of hydrogen-bond acceptors (Lipinski definition) is 5. The molecular weight excluding hydrogens is 426 g/mol. The molecule has 0 spiro atoms. The van der Waals surface area contributed by atoms with Crippen LogP contribution in [0.2, 0.25) is 25.7 Å². The third-order valence-corrected chi connectivity index (χ3v) is 6.74. The third kappa shape index (κ3) is 4.77. The molecule has 1 amide bonds. The van der Waals surface area contributed by atoms with Gasteiger partial charge >= 0.3 is 0 Å². The Kier molecular flexibility index (Phi) is 6.02. The quantitative estimate of drug-likeness (QED) is 0.476. The smallest absolute Gasteiger partial charge is 0.276 e. The van der Waals surface area contributed by atoms with Gasteiger partial charge in [0, 0.05) is 27.9 Å². The molecule has 0 atom stereocenters. The van der Waals surface area contributed by atoms with Gasteiger partial charge < -0.3 is 14.5 Å². The lowest BCUT2D eigenvalue weighted by atomic mass is 10.2. The van der Waals surface area contributed by atoms with Crippen LogP contribution < -0.4 is 4.90 Å². The zero-order valence-electron chi connectivity index (χ0n) is 16.3. The number of nitrogens with zero attached hydrogens (tertiary/aromatic N) is 5. The predicted molar refractivity (Wildman–Crippen MR) is 111 cm³/mol. The normalized spacial score (nSPS) is 14.6. The molecule has 9 heteroatoms. The molecule has 146 valence electrons. The zero-order chi connectivity index (χ0) is 19.6. The molecule has 7 nitrogen and oxygen atoms in total. The van der Waals surface area contributed by atoms with Crippen LogP contribution in [-0.4, -0.2) is 53.7 Å². The highest BCUT2D eigenvalue weighted by Crippen LogP contribution is 2.30. The summed E-state index contributed by atoms with van der Waals surface area (Å²) in [7, 11) is 0.785. The first-order valence-corrected chi connectivity index (χ1v) is 13.5. The number of rotatable bonds is 7. The van der Waals surface area contributed by atoms with Crippen LogP contribution >= 0.6 is 15.9 Å². The van der Waals surface area contributed by atoms with E-state index >= 15 is 0 Å². The molecule has 2 aromatic rings. The van der Waals surface area contributed by atoms with Gasteiger partial charge in [0.1, 0.15) is 6.73 Å². The maximum absolute atomic E-state index is 13.1. The van der Waals surface area contributed by atoms with Crippen molar-refractivity contribution in [2.75, 3.05) is 25.2 Å². The van der Waals surface area contributed by atoms with E-state index in [4.69, 9.17) is 4.74 Å². The number of fused-ring (bicyclic) bond motifs is 1. The summed E-state index contributed by atoms with van der Waals surface area (Å²) in [6, 6.07) is 6.81. The average molecular weight is 452 g/mol. The Morgan fingerprint density at radius 3 is 2.74 bits per heavy atom. The number of hydrogen-bond donors (Lipinski definition) is 0. The van der Waals surface area contributed by atoms with Gasteiger partial charge in [0.25, 0.3) is 5.91 Å². The van der Waals surface area contributed by atoms with Crippen LogP contribution in [0, 0.1) is 0 Å². The number of anilines is 1. The minimum atomic E-state index is -1.15. The Balaban J connectivity index is 1.77. The maximum atomic E-state index is 13.1. The fourth-order valence-corrected chi connectivity index (χ4v) is 4.09. The van der Waals surface area contributed by atoms with Crippen LogP contribution in [0.15, 0.2) is 29.1 Å². The van der Waals surface area contributed by atoms with Crippen molar-refractivity contribution < 1.29 is 9.53 Å². The molecule has 0 unspecified atom stereocenters. The predicted octanol–water partition coefficient (Wildman–Crippen LogP) is 3.40. The Morgan fingerprint density at radius 2 is 2.07 bits per heavy atom. The Morgan fingerprint density at radius 1 is 1.30 bits per heavy atom. The largest absolute Gasteiger partial charge is 0.361 e. The molecule has 0 N–H and O–H groups in total. The molecule has 1 aliphatic rings. The van der Waals surface area contributed by atoms with Crippen molar-refractivity contribution in [3.63, 3.8) is 0 Å². The van der Waals surface area contributed by atoms with Gasteiger partial charge in [-0.1, -0.05) is 25.7 Å². The fourth-order valence-electron chi connectivity index (χ4n) is 2.89. The second-order valence-corrected chi connectivity index (χ2v) is 14.3. The van der Waals surface area contributed by atoms with E-state index in [2.05, 4.69) is 45.5 Å². The summed E-state index contributed by atoms with van der Waals surface area (Å²) in [6.07, 6.45) is 1.74. The Hall–Kier alpha value is -1.71. The van der Waals surface area contributed by atoms with Crippen LogP contribution in [0.1, 0.15) is 16.2 Å². The van der Waals surface area contributed by atoms with Crippen LogP contribution in [0.3, 0.4) is 0 Å². The number of imidazole rings is 1. The van der Waals surface area contributed by atoms with Crippen molar-refractivity contribution in [1.29, 1.82) is 0 Å². The first-order valence-electron chi connectivity index (χ1n) is 9.00. The summed E-state index contributed by atoms with van der Waals surface area (Å²) in [5.74, 6) is 0.624. The molecule has 0 bridgehead atoms. The monoisotopic (exact) mass is 451 g/mol. The fraction of sp³-hybridized carbons (Fsp3) is 0.500. The van der Waals surface area contributed by atoms with Gasteiger partial charge in [-0.05, 0) is 34.1 Å².